The number of anilines is 1. The Morgan fingerprint density at radius 2 is 2.10 bits per heavy atom. The maximum atomic E-state index is 13.1. The number of rotatable bonds is 2. The summed E-state index contributed by atoms with van der Waals surface area (Å²) in [7, 11) is 1.22. The Labute approximate surface area is 115 Å². The summed E-state index contributed by atoms with van der Waals surface area (Å²) in [4.78, 5) is 21.2. The molecule has 0 saturated carbocycles. The molecule has 0 spiro atoms. The Morgan fingerprint density at radius 3 is 2.65 bits per heavy atom. The van der Waals surface area contributed by atoms with Crippen LogP contribution in [0.1, 0.15) is 29.0 Å². The van der Waals surface area contributed by atoms with Crippen LogP contribution in [0.25, 0.3) is 0 Å². The van der Waals surface area contributed by atoms with Crippen LogP contribution in [0, 0.1) is 12.3 Å². The largest absolute Gasteiger partial charge is 0.464 e. The summed E-state index contributed by atoms with van der Waals surface area (Å²) in [6.07, 6.45) is 4.72. The quantitative estimate of drug-likeness (QED) is 0.607. The van der Waals surface area contributed by atoms with Crippen molar-refractivity contribution in [1.82, 2.24) is 9.97 Å². The number of terminal acetylenes is 1. The fraction of sp³-hybridized carbons (Fsp3) is 0.462. The van der Waals surface area contributed by atoms with E-state index in [4.69, 9.17) is 6.42 Å². The van der Waals surface area contributed by atoms with Crippen molar-refractivity contribution in [3.63, 3.8) is 0 Å². The molecule has 0 amide bonds. The van der Waals surface area contributed by atoms with Crippen LogP contribution in [0.2, 0.25) is 0 Å². The van der Waals surface area contributed by atoms with Crippen molar-refractivity contribution >= 4 is 11.9 Å². The predicted octanol–water partition coefficient (Wildman–Crippen LogP) is 1.48. The van der Waals surface area contributed by atoms with Crippen molar-refractivity contribution in [3.8, 4) is 12.3 Å². The van der Waals surface area contributed by atoms with Gasteiger partial charge in [-0.15, -0.1) is 6.42 Å². The fourth-order valence-corrected chi connectivity index (χ4v) is 1.89. The van der Waals surface area contributed by atoms with Crippen molar-refractivity contribution < 1.29 is 18.3 Å². The third kappa shape index (κ3) is 3.02. The van der Waals surface area contributed by atoms with Crippen molar-refractivity contribution in [1.29, 1.82) is 0 Å². The first-order chi connectivity index (χ1) is 9.45. The van der Waals surface area contributed by atoms with E-state index in [1.807, 2.05) is 0 Å². The van der Waals surface area contributed by atoms with E-state index in [0.29, 0.717) is 0 Å². The molecule has 2 rings (SSSR count). The van der Waals surface area contributed by atoms with Crippen LogP contribution in [0.15, 0.2) is 6.07 Å². The first-order valence-electron chi connectivity index (χ1n) is 6.02. The zero-order valence-electron chi connectivity index (χ0n) is 10.9. The van der Waals surface area contributed by atoms with Crippen LogP contribution >= 0.6 is 0 Å². The molecule has 20 heavy (non-hydrogen) atoms. The number of nitrogens with zero attached hydrogens (tertiary/aromatic N) is 3. The van der Waals surface area contributed by atoms with Gasteiger partial charge >= 0.3 is 5.97 Å². The highest BCUT2D eigenvalue weighted by Crippen LogP contribution is 2.29. The highest BCUT2D eigenvalue weighted by Gasteiger charge is 2.35. The van der Waals surface area contributed by atoms with Gasteiger partial charge < -0.3 is 9.64 Å². The normalized spacial score (nSPS) is 17.4. The summed E-state index contributed by atoms with van der Waals surface area (Å²) in [5.41, 5.74) is 0.232. The maximum Gasteiger partial charge on any atom is 0.356 e. The van der Waals surface area contributed by atoms with Gasteiger partial charge in [0.15, 0.2) is 5.69 Å². The first-order valence-corrected chi connectivity index (χ1v) is 6.02. The molecule has 1 aliphatic rings. The summed E-state index contributed by atoms with van der Waals surface area (Å²) in [6, 6.07) is 1.33. The number of carbonyl (C=O) groups is 1. The number of halogens is 2. The molecule has 1 aromatic heterocycles. The molecule has 0 radical (unpaired) electrons. The lowest BCUT2D eigenvalue weighted by Gasteiger charge is -2.31. The smallest absolute Gasteiger partial charge is 0.356 e. The molecule has 7 heteroatoms. The fourth-order valence-electron chi connectivity index (χ4n) is 1.89. The van der Waals surface area contributed by atoms with Crippen molar-refractivity contribution in [2.24, 2.45) is 0 Å². The molecule has 5 nitrogen and oxygen atoms in total. The number of alkyl halides is 2. The van der Waals surface area contributed by atoms with E-state index < -0.39 is 11.9 Å². The Hall–Kier alpha value is -2.23. The number of methoxy groups -OCH3 is 1. The molecule has 0 unspecified atom stereocenters. The van der Waals surface area contributed by atoms with E-state index in [1.165, 1.54) is 13.2 Å². The van der Waals surface area contributed by atoms with Gasteiger partial charge in [0.25, 0.3) is 5.92 Å². The van der Waals surface area contributed by atoms with Crippen LogP contribution in [-0.4, -0.2) is 42.1 Å². The molecule has 1 fully saturated rings. The molecule has 1 aliphatic heterocycles. The Bertz CT molecular complexity index is 559. The third-order valence-electron chi connectivity index (χ3n) is 3.03. The molecular weight excluding hydrogens is 268 g/mol. The summed E-state index contributed by atoms with van der Waals surface area (Å²) in [5.74, 6) is -0.822. The van der Waals surface area contributed by atoms with E-state index in [0.717, 1.165) is 0 Å². The topological polar surface area (TPSA) is 55.3 Å². The molecule has 0 N–H and O–H groups in total. The minimum Gasteiger partial charge on any atom is -0.464 e. The Kier molecular flexibility index (Phi) is 3.84. The van der Waals surface area contributed by atoms with Crippen LogP contribution < -0.4 is 4.90 Å². The number of hydrogen-bond donors (Lipinski definition) is 0. The van der Waals surface area contributed by atoms with Crippen LogP contribution in [0.4, 0.5) is 14.7 Å². The van der Waals surface area contributed by atoms with Gasteiger partial charge in [0, 0.05) is 32.0 Å². The Morgan fingerprint density at radius 1 is 1.45 bits per heavy atom. The van der Waals surface area contributed by atoms with E-state index in [2.05, 4.69) is 20.6 Å². The zero-order valence-corrected chi connectivity index (χ0v) is 10.9. The van der Waals surface area contributed by atoms with Crippen molar-refractivity contribution in [2.75, 3.05) is 25.1 Å². The van der Waals surface area contributed by atoms with Crippen molar-refractivity contribution in [3.05, 3.63) is 17.5 Å². The van der Waals surface area contributed by atoms with Gasteiger partial charge in [0.05, 0.1) is 7.11 Å². The molecule has 2 heterocycles. The third-order valence-corrected chi connectivity index (χ3v) is 3.03. The van der Waals surface area contributed by atoms with Crippen LogP contribution in [0.3, 0.4) is 0 Å². The van der Waals surface area contributed by atoms with Gasteiger partial charge in [-0.1, -0.05) is 5.92 Å². The van der Waals surface area contributed by atoms with Gasteiger partial charge in [0.2, 0.25) is 5.95 Å². The first kappa shape index (κ1) is 14.2. The molecule has 0 aliphatic carbocycles. The number of ether oxygens (including phenoxy) is 1. The number of esters is 1. The van der Waals surface area contributed by atoms with E-state index in [-0.39, 0.29) is 43.3 Å². The van der Waals surface area contributed by atoms with E-state index >= 15 is 0 Å². The second-order valence-corrected chi connectivity index (χ2v) is 4.42. The summed E-state index contributed by atoms with van der Waals surface area (Å²) < 4.78 is 30.8. The summed E-state index contributed by atoms with van der Waals surface area (Å²) in [6.45, 7) is 0.225. The minimum atomic E-state index is -2.66. The second-order valence-electron chi connectivity index (χ2n) is 4.42. The Balaban J connectivity index is 2.28. The number of aromatic nitrogens is 2. The van der Waals surface area contributed by atoms with Gasteiger partial charge in [-0.3, -0.25) is 0 Å². The summed E-state index contributed by atoms with van der Waals surface area (Å²) >= 11 is 0. The SMILES string of the molecule is C#Cc1cc(C(=O)OC)nc(N2CCC(F)(F)CC2)n1. The minimum absolute atomic E-state index is 0.0165. The molecule has 0 aromatic carbocycles. The lowest BCUT2D eigenvalue weighted by Crippen LogP contribution is -2.40. The van der Waals surface area contributed by atoms with Gasteiger partial charge in [-0.2, -0.15) is 0 Å². The molecule has 106 valence electrons. The molecule has 1 aromatic rings. The van der Waals surface area contributed by atoms with Gasteiger partial charge in [0.1, 0.15) is 5.69 Å². The maximum absolute atomic E-state index is 13.1. The van der Waals surface area contributed by atoms with Crippen LogP contribution in [-0.2, 0) is 4.74 Å². The lowest BCUT2D eigenvalue weighted by molar-refractivity contribution is -0.0222. The zero-order chi connectivity index (χ0) is 14.8. The number of carbonyl (C=O) groups excluding carboxylic acids is 1. The van der Waals surface area contributed by atoms with E-state index in [9.17, 15) is 13.6 Å². The van der Waals surface area contributed by atoms with Gasteiger partial charge in [-0.05, 0) is 0 Å². The molecular formula is C13H13F2N3O2. The molecule has 1 saturated heterocycles. The highest BCUT2D eigenvalue weighted by molar-refractivity contribution is 5.87. The number of hydrogen-bond acceptors (Lipinski definition) is 5. The average Bonchev–Trinajstić information content (AvgIpc) is 2.45. The average molecular weight is 281 g/mol. The molecule has 0 bridgehead atoms. The van der Waals surface area contributed by atoms with Crippen LogP contribution in [0.5, 0.6) is 0 Å². The van der Waals surface area contributed by atoms with E-state index in [1.54, 1.807) is 4.90 Å². The second kappa shape index (κ2) is 5.41. The van der Waals surface area contributed by atoms with Crippen molar-refractivity contribution in [2.45, 2.75) is 18.8 Å². The lowest BCUT2D eigenvalue weighted by atomic mass is 10.1. The molecule has 0 atom stereocenters. The summed E-state index contributed by atoms with van der Waals surface area (Å²) in [5, 5.41) is 0. The standard InChI is InChI=1S/C13H13F2N3O2/c1-3-9-8-10(11(19)20-2)17-12(16-9)18-6-4-13(14,15)5-7-18/h1,8H,4-7H2,2H3. The number of piperidine rings is 1. The highest BCUT2D eigenvalue weighted by atomic mass is 19.3. The van der Waals surface area contributed by atoms with Gasteiger partial charge in [-0.25, -0.2) is 23.5 Å². The monoisotopic (exact) mass is 281 g/mol. The predicted molar refractivity (Wildman–Crippen MR) is 67.7 cm³/mol.